The van der Waals surface area contributed by atoms with Gasteiger partial charge in [0, 0.05) is 9.17 Å². The molecule has 0 spiro atoms. The van der Waals surface area contributed by atoms with Gasteiger partial charge in [0.05, 0.1) is 0 Å². The first-order chi connectivity index (χ1) is 1.73. The SMILES string of the molecule is O=[Si]([O-])[O-].[NH4+].[NH4+]. The number of hydrogen-bond acceptors (Lipinski definition) is 3. The summed E-state index contributed by atoms with van der Waals surface area (Å²) in [7, 11) is -3.63. The Bertz CT molecular complexity index is 31.8. The second-order valence-electron chi connectivity index (χ2n) is 0.250. The molecule has 0 fully saturated rings. The van der Waals surface area contributed by atoms with Crippen molar-refractivity contribution in [1.82, 2.24) is 12.3 Å². The van der Waals surface area contributed by atoms with Gasteiger partial charge in [-0.05, 0) is 0 Å². The van der Waals surface area contributed by atoms with Gasteiger partial charge in [0.15, 0.2) is 0 Å². The molecule has 0 unspecified atom stereocenters. The first-order valence-corrected chi connectivity index (χ1v) is 1.84. The van der Waals surface area contributed by atoms with E-state index in [4.69, 9.17) is 14.1 Å². The first kappa shape index (κ1) is 17.7. The summed E-state index contributed by atoms with van der Waals surface area (Å²) < 4.78 is 8.52. The molecule has 0 bridgehead atoms. The van der Waals surface area contributed by atoms with E-state index in [1.165, 1.54) is 0 Å². The van der Waals surface area contributed by atoms with E-state index in [1.54, 1.807) is 0 Å². The summed E-state index contributed by atoms with van der Waals surface area (Å²) in [5, 5.41) is 0. The van der Waals surface area contributed by atoms with Crippen LogP contribution in [-0.2, 0) is 4.46 Å². The summed E-state index contributed by atoms with van der Waals surface area (Å²) in [6, 6.07) is 0. The summed E-state index contributed by atoms with van der Waals surface area (Å²) in [5.41, 5.74) is 0. The standard InChI is InChI=1S/2H3N.O3Si/c;;1-4(2)3/h2*1H3;/q;;-2/p+2. The second-order valence-corrected chi connectivity index (χ2v) is 0.750. The third kappa shape index (κ3) is 106. The Kier molecular flexibility index (Phi) is 26.0. The molecule has 0 aromatic rings. The van der Waals surface area contributed by atoms with Crippen molar-refractivity contribution in [3.05, 3.63) is 0 Å². The normalized spacial score (nSPS) is 4.00. The van der Waals surface area contributed by atoms with Crippen LogP contribution >= 0.6 is 0 Å². The van der Waals surface area contributed by atoms with Crippen LogP contribution in [0.2, 0.25) is 0 Å². The minimum atomic E-state index is -3.63. The highest BCUT2D eigenvalue weighted by Gasteiger charge is 1.29. The van der Waals surface area contributed by atoms with Gasteiger partial charge in [-0.15, -0.1) is 0 Å². The zero-order valence-corrected chi connectivity index (χ0v) is 4.72. The fraction of sp³-hybridized carbons (Fsp3) is 0. The minimum absolute atomic E-state index is 0. The Morgan fingerprint density at radius 2 is 1.17 bits per heavy atom. The van der Waals surface area contributed by atoms with Crippen molar-refractivity contribution in [1.29, 1.82) is 0 Å². The topological polar surface area (TPSA) is 136 Å². The van der Waals surface area contributed by atoms with Crippen molar-refractivity contribution in [2.75, 3.05) is 0 Å². The van der Waals surface area contributed by atoms with E-state index < -0.39 is 9.17 Å². The maximum Gasteiger partial charge on any atom is 0.0172 e. The average Bonchev–Trinajstić information content (AvgIpc) is 0.811. The third-order valence-electron chi connectivity index (χ3n) is 0. The predicted octanol–water partition coefficient (Wildman–Crippen LogP) is -2.13. The van der Waals surface area contributed by atoms with Crippen LogP contribution in [0.15, 0.2) is 0 Å². The van der Waals surface area contributed by atoms with Crippen molar-refractivity contribution in [2.24, 2.45) is 0 Å². The third-order valence-corrected chi connectivity index (χ3v) is 0. The largest absolute Gasteiger partial charge is 0.672 e. The number of quaternary nitrogens is 2. The molecule has 0 heterocycles. The van der Waals surface area contributed by atoms with Crippen molar-refractivity contribution < 1.29 is 14.1 Å². The van der Waals surface area contributed by atoms with Crippen molar-refractivity contribution >= 4 is 9.17 Å². The van der Waals surface area contributed by atoms with Crippen molar-refractivity contribution in [3.8, 4) is 0 Å². The highest BCUT2D eigenvalue weighted by Crippen LogP contribution is 0.990. The van der Waals surface area contributed by atoms with Crippen LogP contribution in [0.4, 0.5) is 0 Å². The summed E-state index contributed by atoms with van der Waals surface area (Å²) in [4.78, 5) is 17.0. The molecule has 0 aliphatic carbocycles. The van der Waals surface area contributed by atoms with E-state index in [1.807, 2.05) is 0 Å². The lowest BCUT2D eigenvalue weighted by molar-refractivity contribution is -0.354. The van der Waals surface area contributed by atoms with Crippen molar-refractivity contribution in [2.45, 2.75) is 0 Å². The molecule has 0 saturated carbocycles. The quantitative estimate of drug-likeness (QED) is 0.346. The van der Waals surface area contributed by atoms with E-state index in [0.717, 1.165) is 0 Å². The van der Waals surface area contributed by atoms with Gasteiger partial charge in [-0.2, -0.15) is 0 Å². The summed E-state index contributed by atoms with van der Waals surface area (Å²) in [6.45, 7) is 0. The van der Waals surface area contributed by atoms with Crippen molar-refractivity contribution in [3.63, 3.8) is 0 Å². The van der Waals surface area contributed by atoms with Crippen LogP contribution in [0.1, 0.15) is 0 Å². The molecule has 0 atom stereocenters. The molecule has 40 valence electrons. The van der Waals surface area contributed by atoms with Crippen LogP contribution in [0.5, 0.6) is 0 Å². The van der Waals surface area contributed by atoms with Crippen LogP contribution in [0.25, 0.3) is 0 Å². The van der Waals surface area contributed by atoms with E-state index in [2.05, 4.69) is 0 Å². The lowest BCUT2D eigenvalue weighted by atomic mass is 14.0. The van der Waals surface area contributed by atoms with Gasteiger partial charge in [0.1, 0.15) is 0 Å². The molecule has 0 rings (SSSR count). The van der Waals surface area contributed by atoms with Gasteiger partial charge in [0.2, 0.25) is 0 Å². The number of rotatable bonds is 0. The van der Waals surface area contributed by atoms with E-state index in [9.17, 15) is 0 Å². The molecule has 8 N–H and O–H groups in total. The average molecular weight is 112 g/mol. The zero-order chi connectivity index (χ0) is 3.58. The highest BCUT2D eigenvalue weighted by atomic mass is 28.3. The molecule has 0 aromatic carbocycles. The van der Waals surface area contributed by atoms with E-state index in [0.29, 0.717) is 0 Å². The lowest BCUT2D eigenvalue weighted by Crippen LogP contribution is -2.34. The lowest BCUT2D eigenvalue weighted by Gasteiger charge is -1.94. The summed E-state index contributed by atoms with van der Waals surface area (Å²) >= 11 is 0. The summed E-state index contributed by atoms with van der Waals surface area (Å²) in [6.07, 6.45) is 0. The molecule has 0 radical (unpaired) electrons. The van der Waals surface area contributed by atoms with Gasteiger partial charge in [0.25, 0.3) is 0 Å². The van der Waals surface area contributed by atoms with Crippen LogP contribution in [0.3, 0.4) is 0 Å². The Hall–Kier alpha value is -0.463. The monoisotopic (exact) mass is 112 g/mol. The van der Waals surface area contributed by atoms with Gasteiger partial charge >= 0.3 is 0 Å². The fourth-order valence-corrected chi connectivity index (χ4v) is 0. The van der Waals surface area contributed by atoms with Gasteiger partial charge in [-0.1, -0.05) is 0 Å². The fourth-order valence-electron chi connectivity index (χ4n) is 0. The highest BCUT2D eigenvalue weighted by molar-refractivity contribution is 6.17. The maximum atomic E-state index is 8.52. The smallest absolute Gasteiger partial charge is 0.0172 e. The Labute approximate surface area is 36.7 Å². The summed E-state index contributed by atoms with van der Waals surface area (Å²) in [5.74, 6) is 0. The molecule has 0 aliphatic heterocycles. The van der Waals surface area contributed by atoms with Crippen LogP contribution < -0.4 is 21.9 Å². The zero-order valence-electron chi connectivity index (χ0n) is 3.72. The predicted molar refractivity (Wildman–Crippen MR) is 18.4 cm³/mol. The molecule has 6 heavy (non-hydrogen) atoms. The molecule has 0 aliphatic rings. The first-order valence-electron chi connectivity index (χ1n) is 0.612. The van der Waals surface area contributed by atoms with Gasteiger partial charge in [-0.25, -0.2) is 0 Å². The molecule has 0 saturated heterocycles. The van der Waals surface area contributed by atoms with Gasteiger partial charge in [-0.3, -0.25) is 0 Å². The molecule has 5 nitrogen and oxygen atoms in total. The van der Waals surface area contributed by atoms with Crippen LogP contribution in [-0.4, -0.2) is 9.17 Å². The minimum Gasteiger partial charge on any atom is -0.672 e. The van der Waals surface area contributed by atoms with Crippen LogP contribution in [0, 0.1) is 0 Å². The Morgan fingerprint density at radius 1 is 1.17 bits per heavy atom. The molecule has 0 aromatic heterocycles. The maximum absolute atomic E-state index is 8.52. The van der Waals surface area contributed by atoms with E-state index in [-0.39, 0.29) is 12.3 Å². The Morgan fingerprint density at radius 3 is 1.17 bits per heavy atom. The molecular weight excluding hydrogens is 104 g/mol. The van der Waals surface area contributed by atoms with Gasteiger partial charge < -0.3 is 26.4 Å². The molecule has 6 heteroatoms. The second kappa shape index (κ2) is 8.82. The number of hydrogen-bond donors (Lipinski definition) is 2. The molecular formula is H8N2O3Si. The van der Waals surface area contributed by atoms with E-state index >= 15 is 0 Å². The Balaban J connectivity index is -0.0000000450. The molecule has 0 amide bonds.